The Labute approximate surface area is 114 Å². The summed E-state index contributed by atoms with van der Waals surface area (Å²) in [5.41, 5.74) is 1.34. The second-order valence-electron chi connectivity index (χ2n) is 4.92. The van der Waals surface area contributed by atoms with E-state index in [9.17, 15) is 4.79 Å². The van der Waals surface area contributed by atoms with E-state index < -0.39 is 5.97 Å². The van der Waals surface area contributed by atoms with Crippen molar-refractivity contribution in [1.29, 1.82) is 0 Å². The second-order valence-corrected chi connectivity index (χ2v) is 4.92. The quantitative estimate of drug-likeness (QED) is 0.833. The van der Waals surface area contributed by atoms with Crippen molar-refractivity contribution in [2.24, 2.45) is 0 Å². The third kappa shape index (κ3) is 3.67. The molecule has 5 heteroatoms. The van der Waals surface area contributed by atoms with E-state index in [4.69, 9.17) is 0 Å². The van der Waals surface area contributed by atoms with E-state index in [1.54, 1.807) is 12.3 Å². The molecular weight excluding hydrogens is 242 g/mol. The summed E-state index contributed by atoms with van der Waals surface area (Å²) in [6, 6.07) is 4.21. The molecule has 1 atom stereocenters. The van der Waals surface area contributed by atoms with E-state index in [0.29, 0.717) is 11.7 Å². The summed E-state index contributed by atoms with van der Waals surface area (Å²) in [5, 5.41) is 3.52. The Balaban J connectivity index is 2.01. The topological polar surface area (TPSA) is 54.5 Å². The van der Waals surface area contributed by atoms with Gasteiger partial charge in [0.05, 0.1) is 7.11 Å². The molecule has 1 fully saturated rings. The zero-order valence-corrected chi connectivity index (χ0v) is 11.6. The Hall–Kier alpha value is -1.62. The van der Waals surface area contributed by atoms with Gasteiger partial charge in [0, 0.05) is 31.5 Å². The minimum atomic E-state index is -0.397. The number of nitrogens with one attached hydrogen (secondary N) is 1. The van der Waals surface area contributed by atoms with Crippen molar-refractivity contribution < 1.29 is 9.53 Å². The number of likely N-dealkylation sites (N-methyl/N-ethyl adjacent to an activating group) is 1. The van der Waals surface area contributed by atoms with Crippen LogP contribution in [-0.2, 0) is 4.74 Å². The molecule has 1 aliphatic heterocycles. The predicted octanol–water partition coefficient (Wildman–Crippen LogP) is 1.45. The van der Waals surface area contributed by atoms with Gasteiger partial charge in [-0.05, 0) is 31.5 Å². The van der Waals surface area contributed by atoms with Crippen LogP contribution in [0.5, 0.6) is 0 Å². The van der Waals surface area contributed by atoms with E-state index in [1.807, 2.05) is 13.1 Å². The molecule has 1 unspecified atom stereocenters. The first-order chi connectivity index (χ1) is 9.20. The Kier molecular flexibility index (Phi) is 4.74. The molecule has 2 rings (SSSR count). The van der Waals surface area contributed by atoms with Crippen LogP contribution < -0.4 is 10.2 Å². The van der Waals surface area contributed by atoms with Gasteiger partial charge in [0.1, 0.15) is 5.69 Å². The van der Waals surface area contributed by atoms with E-state index in [0.717, 1.165) is 18.8 Å². The molecule has 0 bridgehead atoms. The number of pyridine rings is 1. The molecule has 1 aromatic heterocycles. The Morgan fingerprint density at radius 2 is 2.42 bits per heavy atom. The van der Waals surface area contributed by atoms with Gasteiger partial charge in [-0.25, -0.2) is 9.78 Å². The number of piperidine rings is 1. The first-order valence-electron chi connectivity index (χ1n) is 6.69. The lowest BCUT2D eigenvalue weighted by Crippen LogP contribution is -2.42. The van der Waals surface area contributed by atoms with Crippen LogP contribution >= 0.6 is 0 Å². The van der Waals surface area contributed by atoms with Crippen LogP contribution in [0.2, 0.25) is 0 Å². The maximum absolute atomic E-state index is 11.5. The van der Waals surface area contributed by atoms with Crippen LogP contribution in [0.3, 0.4) is 0 Å². The molecule has 0 aliphatic carbocycles. The van der Waals surface area contributed by atoms with E-state index in [1.165, 1.54) is 26.4 Å². The highest BCUT2D eigenvalue weighted by atomic mass is 16.5. The molecule has 0 aromatic carbocycles. The lowest BCUT2D eigenvalue weighted by molar-refractivity contribution is 0.0594. The number of nitrogens with zero attached hydrogens (tertiary/aromatic N) is 2. The van der Waals surface area contributed by atoms with Crippen LogP contribution in [-0.4, -0.2) is 44.2 Å². The molecule has 1 N–H and O–H groups in total. The van der Waals surface area contributed by atoms with Gasteiger partial charge in [0.2, 0.25) is 0 Å². The number of esters is 1. The van der Waals surface area contributed by atoms with Crippen molar-refractivity contribution in [2.45, 2.75) is 25.3 Å². The average Bonchev–Trinajstić information content (AvgIpc) is 2.47. The number of methoxy groups -OCH3 is 1. The maximum atomic E-state index is 11.5. The van der Waals surface area contributed by atoms with Crippen LogP contribution in [0, 0.1) is 0 Å². The van der Waals surface area contributed by atoms with Gasteiger partial charge in [-0.15, -0.1) is 0 Å². The number of carbonyl (C=O) groups is 1. The predicted molar refractivity (Wildman–Crippen MR) is 74.5 cm³/mol. The monoisotopic (exact) mass is 263 g/mol. The average molecular weight is 263 g/mol. The Morgan fingerprint density at radius 1 is 1.58 bits per heavy atom. The van der Waals surface area contributed by atoms with Gasteiger partial charge in [-0.2, -0.15) is 0 Å². The van der Waals surface area contributed by atoms with Gasteiger partial charge in [-0.1, -0.05) is 6.42 Å². The highest BCUT2D eigenvalue weighted by Gasteiger charge is 2.16. The molecule has 104 valence electrons. The van der Waals surface area contributed by atoms with Crippen LogP contribution in [0.1, 0.15) is 29.8 Å². The van der Waals surface area contributed by atoms with Gasteiger partial charge >= 0.3 is 5.97 Å². The molecule has 2 heterocycles. The van der Waals surface area contributed by atoms with Gasteiger partial charge < -0.3 is 15.0 Å². The number of carbonyl (C=O) groups excluding carboxylic acids is 1. The molecule has 19 heavy (non-hydrogen) atoms. The third-order valence-electron chi connectivity index (χ3n) is 3.49. The highest BCUT2D eigenvalue weighted by molar-refractivity contribution is 5.88. The minimum absolute atomic E-state index is 0.350. The van der Waals surface area contributed by atoms with E-state index in [2.05, 4.69) is 19.9 Å². The standard InChI is InChI=1S/C14H21N3O2/c1-17(10-11-5-3-4-7-15-11)12-6-8-16-13(9-12)14(18)19-2/h6,8-9,11,15H,3-5,7,10H2,1-2H3. The molecule has 0 saturated carbocycles. The molecular formula is C14H21N3O2. The Morgan fingerprint density at radius 3 is 3.11 bits per heavy atom. The number of rotatable bonds is 4. The summed E-state index contributed by atoms with van der Waals surface area (Å²) in [5.74, 6) is -0.397. The molecule has 1 aliphatic rings. The van der Waals surface area contributed by atoms with Crippen molar-refractivity contribution in [2.75, 3.05) is 32.1 Å². The number of hydrogen-bond acceptors (Lipinski definition) is 5. The van der Waals surface area contributed by atoms with Gasteiger partial charge in [0.25, 0.3) is 0 Å². The summed E-state index contributed by atoms with van der Waals surface area (Å²) in [4.78, 5) is 17.6. The molecule has 1 aromatic rings. The summed E-state index contributed by atoms with van der Waals surface area (Å²) in [7, 11) is 3.40. The molecule has 0 spiro atoms. The molecule has 1 saturated heterocycles. The normalized spacial score (nSPS) is 18.9. The van der Waals surface area contributed by atoms with Crippen molar-refractivity contribution in [3.63, 3.8) is 0 Å². The summed E-state index contributed by atoms with van der Waals surface area (Å²) in [6.45, 7) is 2.03. The van der Waals surface area contributed by atoms with Crippen molar-refractivity contribution in [3.8, 4) is 0 Å². The van der Waals surface area contributed by atoms with Crippen LogP contribution in [0.25, 0.3) is 0 Å². The summed E-state index contributed by atoms with van der Waals surface area (Å²) < 4.78 is 4.69. The molecule has 0 radical (unpaired) electrons. The van der Waals surface area contributed by atoms with Gasteiger partial charge in [0.15, 0.2) is 0 Å². The zero-order valence-electron chi connectivity index (χ0n) is 11.6. The van der Waals surface area contributed by atoms with Crippen molar-refractivity contribution in [1.82, 2.24) is 10.3 Å². The minimum Gasteiger partial charge on any atom is -0.464 e. The third-order valence-corrected chi connectivity index (χ3v) is 3.49. The zero-order chi connectivity index (χ0) is 13.7. The number of aromatic nitrogens is 1. The summed E-state index contributed by atoms with van der Waals surface area (Å²) >= 11 is 0. The molecule has 0 amide bonds. The highest BCUT2D eigenvalue weighted by Crippen LogP contribution is 2.16. The fraction of sp³-hybridized carbons (Fsp3) is 0.571. The number of anilines is 1. The van der Waals surface area contributed by atoms with Gasteiger partial charge in [-0.3, -0.25) is 0 Å². The smallest absolute Gasteiger partial charge is 0.356 e. The first kappa shape index (κ1) is 13.8. The number of hydrogen-bond donors (Lipinski definition) is 1. The van der Waals surface area contributed by atoms with Crippen molar-refractivity contribution >= 4 is 11.7 Å². The fourth-order valence-corrected chi connectivity index (χ4v) is 2.39. The largest absolute Gasteiger partial charge is 0.464 e. The van der Waals surface area contributed by atoms with Crippen LogP contribution in [0.4, 0.5) is 5.69 Å². The fourth-order valence-electron chi connectivity index (χ4n) is 2.39. The SMILES string of the molecule is COC(=O)c1cc(N(C)CC2CCCCN2)ccn1. The molecule has 5 nitrogen and oxygen atoms in total. The van der Waals surface area contributed by atoms with Crippen molar-refractivity contribution in [3.05, 3.63) is 24.0 Å². The number of ether oxygens (including phenoxy) is 1. The lowest BCUT2D eigenvalue weighted by Gasteiger charge is -2.29. The lowest BCUT2D eigenvalue weighted by atomic mass is 10.0. The van der Waals surface area contributed by atoms with E-state index in [-0.39, 0.29) is 0 Å². The summed E-state index contributed by atoms with van der Waals surface area (Å²) in [6.07, 6.45) is 5.41. The first-order valence-corrected chi connectivity index (χ1v) is 6.69. The Bertz CT molecular complexity index is 430. The second kappa shape index (κ2) is 6.52. The maximum Gasteiger partial charge on any atom is 0.356 e. The van der Waals surface area contributed by atoms with Crippen LogP contribution in [0.15, 0.2) is 18.3 Å². The van der Waals surface area contributed by atoms with E-state index >= 15 is 0 Å².